The van der Waals surface area contributed by atoms with Gasteiger partial charge in [0, 0.05) is 12.0 Å². The van der Waals surface area contributed by atoms with Crippen molar-refractivity contribution in [1.82, 2.24) is 20.2 Å². The van der Waals surface area contributed by atoms with Gasteiger partial charge in [0.1, 0.15) is 0 Å². The number of carbonyl (C=O) groups is 1. The molecule has 0 saturated heterocycles. The number of aromatic nitrogens is 4. The van der Waals surface area contributed by atoms with Gasteiger partial charge in [0.2, 0.25) is 0 Å². The lowest BCUT2D eigenvalue weighted by molar-refractivity contribution is -0.143. The molecule has 0 N–H and O–H groups in total. The fourth-order valence-corrected chi connectivity index (χ4v) is 5.22. The van der Waals surface area contributed by atoms with E-state index < -0.39 is 64.8 Å². The first-order valence-electron chi connectivity index (χ1n) is 12.7. The first-order valence-corrected chi connectivity index (χ1v) is 12.7. The SMILES string of the molecule is CCOC(=O)N1c2ccc(C(F)(F)F)cc2[C@@H](C(c2cc(C(F)(F)F)cc(C(F)(F)F)c2)c2nnn(C)n2)C[C@H]1CC. The molecular formula is C26H24F9N5O2. The third-order valence-corrected chi connectivity index (χ3v) is 7.01. The molecule has 1 aliphatic rings. The molecule has 0 bridgehead atoms. The van der Waals surface area contributed by atoms with Crippen LogP contribution < -0.4 is 4.90 Å². The van der Waals surface area contributed by atoms with E-state index in [4.69, 9.17) is 4.74 Å². The second-order valence-corrected chi connectivity index (χ2v) is 9.70. The van der Waals surface area contributed by atoms with Crippen molar-refractivity contribution in [3.05, 3.63) is 70.0 Å². The first-order chi connectivity index (χ1) is 19.5. The number of fused-ring (bicyclic) bond motifs is 1. The van der Waals surface area contributed by atoms with Crippen molar-refractivity contribution in [1.29, 1.82) is 0 Å². The first kappa shape index (κ1) is 31.1. The van der Waals surface area contributed by atoms with E-state index in [1.54, 1.807) is 6.92 Å². The standard InChI is InChI=1S/C26H24F9N5O2/c1-4-17-12-19(18-11-14(24(27,28)29)6-7-20(18)40(17)23(41)42-5-2)21(22-36-38-39(3)37-22)13-8-15(25(30,31)32)10-16(9-13)26(33,34)35/h6-11,17,19,21H,4-5,12H2,1-3H3/t17-,19+,21?/m1/s1. The summed E-state index contributed by atoms with van der Waals surface area (Å²) in [5, 5.41) is 11.5. The van der Waals surface area contributed by atoms with Crippen LogP contribution in [0.15, 0.2) is 36.4 Å². The molecule has 0 fully saturated rings. The van der Waals surface area contributed by atoms with Crippen molar-refractivity contribution in [2.45, 2.75) is 63.1 Å². The van der Waals surface area contributed by atoms with Gasteiger partial charge in [-0.3, -0.25) is 4.90 Å². The zero-order valence-corrected chi connectivity index (χ0v) is 22.3. The Labute approximate surface area is 233 Å². The predicted octanol–water partition coefficient (Wildman–Crippen LogP) is 7.33. The van der Waals surface area contributed by atoms with Crippen LogP contribution in [0.4, 0.5) is 50.0 Å². The van der Waals surface area contributed by atoms with E-state index in [1.165, 1.54) is 14.0 Å². The number of alkyl halides is 9. The van der Waals surface area contributed by atoms with Gasteiger partial charge in [-0.1, -0.05) is 6.92 Å². The molecule has 1 aromatic heterocycles. The molecular weight excluding hydrogens is 585 g/mol. The summed E-state index contributed by atoms with van der Waals surface area (Å²) in [7, 11) is 1.31. The Morgan fingerprint density at radius 1 is 0.929 bits per heavy atom. The zero-order valence-electron chi connectivity index (χ0n) is 22.3. The summed E-state index contributed by atoms with van der Waals surface area (Å²) < 4.78 is 129. The lowest BCUT2D eigenvalue weighted by Gasteiger charge is -2.42. The Balaban J connectivity index is 2.04. The number of ether oxygens (including phenoxy) is 1. The van der Waals surface area contributed by atoms with E-state index in [0.717, 1.165) is 27.9 Å². The molecule has 0 aliphatic carbocycles. The molecule has 0 spiro atoms. The molecule has 1 aliphatic heterocycles. The second kappa shape index (κ2) is 11.1. The highest BCUT2D eigenvalue weighted by molar-refractivity contribution is 5.90. The van der Waals surface area contributed by atoms with E-state index in [1.807, 2.05) is 0 Å². The Bertz CT molecular complexity index is 1420. The van der Waals surface area contributed by atoms with Crippen molar-refractivity contribution in [2.75, 3.05) is 11.5 Å². The summed E-state index contributed by atoms with van der Waals surface area (Å²) in [6, 6.07) is 2.73. The molecule has 1 unspecified atom stereocenters. The smallest absolute Gasteiger partial charge is 0.416 e. The minimum Gasteiger partial charge on any atom is -0.449 e. The van der Waals surface area contributed by atoms with Gasteiger partial charge in [-0.2, -0.15) is 44.3 Å². The maximum Gasteiger partial charge on any atom is 0.416 e. The maximum atomic E-state index is 13.8. The fourth-order valence-electron chi connectivity index (χ4n) is 5.22. The number of tetrazole rings is 1. The average Bonchev–Trinajstić information content (AvgIpc) is 3.32. The molecule has 3 aromatic rings. The number of carbonyl (C=O) groups excluding carboxylic acids is 1. The Hall–Kier alpha value is -3.85. The monoisotopic (exact) mass is 609 g/mol. The topological polar surface area (TPSA) is 73.1 Å². The number of nitrogens with zero attached hydrogens (tertiary/aromatic N) is 5. The van der Waals surface area contributed by atoms with Gasteiger partial charge in [-0.15, -0.1) is 10.2 Å². The van der Waals surface area contributed by atoms with Gasteiger partial charge < -0.3 is 4.74 Å². The van der Waals surface area contributed by atoms with Gasteiger partial charge >= 0.3 is 24.6 Å². The Morgan fingerprint density at radius 2 is 1.52 bits per heavy atom. The highest BCUT2D eigenvalue weighted by Crippen LogP contribution is 2.51. The van der Waals surface area contributed by atoms with E-state index in [9.17, 15) is 44.3 Å². The Kier molecular flexibility index (Phi) is 8.21. The van der Waals surface area contributed by atoms with Crippen LogP contribution in [-0.2, 0) is 30.3 Å². The minimum absolute atomic E-state index is 0.0264. The number of anilines is 1. The second-order valence-electron chi connectivity index (χ2n) is 9.70. The summed E-state index contributed by atoms with van der Waals surface area (Å²) >= 11 is 0. The molecule has 4 rings (SSSR count). The molecule has 42 heavy (non-hydrogen) atoms. The zero-order chi connectivity index (χ0) is 31.2. The largest absolute Gasteiger partial charge is 0.449 e. The van der Waals surface area contributed by atoms with E-state index in [0.29, 0.717) is 12.1 Å². The summed E-state index contributed by atoms with van der Waals surface area (Å²) in [6.07, 6.45) is -16.0. The van der Waals surface area contributed by atoms with Crippen molar-refractivity contribution >= 4 is 11.8 Å². The van der Waals surface area contributed by atoms with Crippen molar-refractivity contribution in [2.24, 2.45) is 7.05 Å². The number of halogens is 9. The van der Waals surface area contributed by atoms with E-state index in [-0.39, 0.29) is 42.6 Å². The van der Waals surface area contributed by atoms with Crippen molar-refractivity contribution < 1.29 is 49.0 Å². The third kappa shape index (κ3) is 6.16. The Morgan fingerprint density at radius 3 is 2.00 bits per heavy atom. The summed E-state index contributed by atoms with van der Waals surface area (Å²) in [5.74, 6) is -3.02. The average molecular weight is 609 g/mol. The van der Waals surface area contributed by atoms with Crippen LogP contribution in [-0.4, -0.2) is 38.9 Å². The van der Waals surface area contributed by atoms with Gasteiger partial charge in [0.15, 0.2) is 5.82 Å². The molecule has 1 amide bonds. The number of hydrogen-bond acceptors (Lipinski definition) is 5. The number of rotatable bonds is 5. The minimum atomic E-state index is -5.18. The maximum absolute atomic E-state index is 13.8. The van der Waals surface area contributed by atoms with Gasteiger partial charge in [-0.25, -0.2) is 4.79 Å². The highest BCUT2D eigenvalue weighted by Gasteiger charge is 2.45. The van der Waals surface area contributed by atoms with Crippen LogP contribution in [0.25, 0.3) is 0 Å². The molecule has 0 radical (unpaired) electrons. The van der Waals surface area contributed by atoms with E-state index >= 15 is 0 Å². The lowest BCUT2D eigenvalue weighted by Crippen LogP contribution is -2.46. The molecule has 2 heterocycles. The van der Waals surface area contributed by atoms with Crippen LogP contribution in [0.2, 0.25) is 0 Å². The van der Waals surface area contributed by atoms with Gasteiger partial charge in [0.05, 0.1) is 42.0 Å². The van der Waals surface area contributed by atoms with Gasteiger partial charge in [0.25, 0.3) is 0 Å². The van der Waals surface area contributed by atoms with Crippen LogP contribution in [0.1, 0.15) is 72.2 Å². The molecule has 16 heteroatoms. The van der Waals surface area contributed by atoms with Crippen molar-refractivity contribution in [3.63, 3.8) is 0 Å². The number of amides is 1. The summed E-state index contributed by atoms with van der Waals surface area (Å²) in [6.45, 7) is 3.15. The number of hydrogen-bond donors (Lipinski definition) is 0. The lowest BCUT2D eigenvalue weighted by atomic mass is 9.73. The third-order valence-electron chi connectivity index (χ3n) is 7.01. The van der Waals surface area contributed by atoms with Crippen LogP contribution in [0.3, 0.4) is 0 Å². The number of benzene rings is 2. The normalized spacial score (nSPS) is 18.5. The van der Waals surface area contributed by atoms with Crippen molar-refractivity contribution in [3.8, 4) is 0 Å². The molecule has 3 atom stereocenters. The molecule has 0 saturated carbocycles. The fraction of sp³-hybridized carbons (Fsp3) is 0.462. The molecule has 7 nitrogen and oxygen atoms in total. The predicted molar refractivity (Wildman–Crippen MR) is 129 cm³/mol. The van der Waals surface area contributed by atoms with E-state index in [2.05, 4.69) is 15.4 Å². The van der Waals surface area contributed by atoms with Crippen LogP contribution >= 0.6 is 0 Å². The quantitative estimate of drug-likeness (QED) is 0.284. The van der Waals surface area contributed by atoms with Gasteiger partial charge in [-0.05, 0) is 72.5 Å². The highest BCUT2D eigenvalue weighted by atomic mass is 19.4. The summed E-state index contributed by atoms with van der Waals surface area (Å²) in [4.78, 5) is 15.0. The van der Waals surface area contributed by atoms with Crippen LogP contribution in [0, 0.1) is 0 Å². The molecule has 228 valence electrons. The summed E-state index contributed by atoms with van der Waals surface area (Å²) in [5.41, 5.74) is -5.05. The van der Waals surface area contributed by atoms with Crippen LogP contribution in [0.5, 0.6) is 0 Å². The molecule has 2 aromatic carbocycles. The number of aryl methyl sites for hydroxylation is 1.